The molecule has 5 nitrogen and oxygen atoms in total. The summed E-state index contributed by atoms with van der Waals surface area (Å²) in [6.45, 7) is 3.92. The van der Waals surface area contributed by atoms with Crippen LogP contribution in [-0.4, -0.2) is 72.7 Å². The van der Waals surface area contributed by atoms with Crippen molar-refractivity contribution >= 4 is 41.3 Å². The number of hydrogen-bond donors (Lipinski definition) is 1. The number of halogens is 4. The molecule has 1 aliphatic heterocycles. The van der Waals surface area contributed by atoms with Gasteiger partial charge in [-0.1, -0.05) is 0 Å². The van der Waals surface area contributed by atoms with Gasteiger partial charge >= 0.3 is 6.18 Å². The zero-order valence-electron chi connectivity index (χ0n) is 17.1. The van der Waals surface area contributed by atoms with E-state index < -0.39 is 12.2 Å². The van der Waals surface area contributed by atoms with Crippen LogP contribution < -0.4 is 5.32 Å². The number of fused-ring (bicyclic) bond motifs is 1. The molecule has 2 heterocycles. The number of nitrogens with one attached hydrogen (secondary N) is 1. The summed E-state index contributed by atoms with van der Waals surface area (Å²) in [4.78, 5) is 14.1. The maximum absolute atomic E-state index is 12.9. The number of rotatable bonds is 5. The lowest BCUT2D eigenvalue weighted by Crippen LogP contribution is -2.56. The molecule has 0 amide bonds. The third kappa shape index (κ3) is 6.68. The molecule has 1 aliphatic carbocycles. The van der Waals surface area contributed by atoms with Gasteiger partial charge in [0.25, 0.3) is 0 Å². The molecule has 3 rings (SSSR count). The Kier molecular flexibility index (Phi) is 9.46. The first-order chi connectivity index (χ1) is 13.4. The Morgan fingerprint density at radius 2 is 1.90 bits per heavy atom. The van der Waals surface area contributed by atoms with E-state index in [1.165, 1.54) is 46.7 Å². The molecule has 0 bridgehead atoms. The SMILES string of the molecule is CN=C(NCCCc1nc2c(s1)CCCC2)N1CCN(C(C)C(F)(F)F)CC1.I. The number of alkyl halides is 3. The van der Waals surface area contributed by atoms with Crippen LogP contribution in [0.4, 0.5) is 13.2 Å². The smallest absolute Gasteiger partial charge is 0.356 e. The molecule has 1 saturated heterocycles. The predicted octanol–water partition coefficient (Wildman–Crippen LogP) is 3.72. The Balaban J connectivity index is 0.00000300. The minimum Gasteiger partial charge on any atom is -0.356 e. The van der Waals surface area contributed by atoms with E-state index in [9.17, 15) is 13.2 Å². The number of aliphatic imine (C=N–C) groups is 1. The Morgan fingerprint density at radius 1 is 1.21 bits per heavy atom. The van der Waals surface area contributed by atoms with E-state index in [1.807, 2.05) is 16.2 Å². The monoisotopic (exact) mass is 545 g/mol. The summed E-state index contributed by atoms with van der Waals surface area (Å²) in [5.74, 6) is 0.776. The van der Waals surface area contributed by atoms with Crippen molar-refractivity contribution in [2.75, 3.05) is 39.8 Å². The second-order valence-corrected chi connectivity index (χ2v) is 8.67. The van der Waals surface area contributed by atoms with Crippen LogP contribution in [0.15, 0.2) is 4.99 Å². The van der Waals surface area contributed by atoms with Crippen molar-refractivity contribution in [2.24, 2.45) is 4.99 Å². The number of thiazole rings is 1. The molecule has 0 radical (unpaired) electrons. The fourth-order valence-corrected chi connectivity index (χ4v) is 5.01. The van der Waals surface area contributed by atoms with E-state index in [1.54, 1.807) is 7.05 Å². The number of piperazine rings is 1. The van der Waals surface area contributed by atoms with Crippen molar-refractivity contribution in [3.63, 3.8) is 0 Å². The molecule has 166 valence electrons. The van der Waals surface area contributed by atoms with Gasteiger partial charge in [0.1, 0.15) is 6.04 Å². The number of hydrogen-bond acceptors (Lipinski definition) is 4. The first kappa shape index (κ1) is 24.6. The van der Waals surface area contributed by atoms with Gasteiger partial charge in [0.05, 0.1) is 10.7 Å². The van der Waals surface area contributed by atoms with Crippen molar-refractivity contribution in [3.8, 4) is 0 Å². The summed E-state index contributed by atoms with van der Waals surface area (Å²) in [7, 11) is 1.72. The largest absolute Gasteiger partial charge is 0.403 e. The number of nitrogens with zero attached hydrogens (tertiary/aromatic N) is 4. The molecule has 0 aromatic carbocycles. The summed E-state index contributed by atoms with van der Waals surface area (Å²) in [6, 6.07) is -1.39. The molecule has 1 unspecified atom stereocenters. The fourth-order valence-electron chi connectivity index (χ4n) is 3.81. The van der Waals surface area contributed by atoms with Crippen LogP contribution in [0.2, 0.25) is 0 Å². The first-order valence-corrected chi connectivity index (χ1v) is 10.9. The summed E-state index contributed by atoms with van der Waals surface area (Å²) in [5.41, 5.74) is 1.31. The van der Waals surface area contributed by atoms with Gasteiger partial charge in [-0.15, -0.1) is 35.3 Å². The summed E-state index contributed by atoms with van der Waals surface area (Å²) in [5, 5.41) is 4.58. The average molecular weight is 545 g/mol. The van der Waals surface area contributed by atoms with Crippen LogP contribution in [0, 0.1) is 0 Å². The average Bonchev–Trinajstić information content (AvgIpc) is 3.10. The lowest BCUT2D eigenvalue weighted by molar-refractivity contribution is -0.181. The zero-order valence-corrected chi connectivity index (χ0v) is 20.2. The van der Waals surface area contributed by atoms with Gasteiger partial charge in [0.15, 0.2) is 5.96 Å². The van der Waals surface area contributed by atoms with Crippen LogP contribution in [0.5, 0.6) is 0 Å². The Morgan fingerprint density at radius 3 is 2.52 bits per heavy atom. The van der Waals surface area contributed by atoms with Gasteiger partial charge in [-0.2, -0.15) is 13.2 Å². The summed E-state index contributed by atoms with van der Waals surface area (Å²) < 4.78 is 38.6. The van der Waals surface area contributed by atoms with Crippen molar-refractivity contribution in [1.82, 2.24) is 20.1 Å². The van der Waals surface area contributed by atoms with Crippen molar-refractivity contribution in [2.45, 2.75) is 57.7 Å². The Labute approximate surface area is 192 Å². The highest BCUT2D eigenvalue weighted by atomic mass is 127. The van der Waals surface area contributed by atoms with Crippen LogP contribution in [-0.2, 0) is 19.3 Å². The molecule has 1 fully saturated rings. The molecule has 1 atom stereocenters. The van der Waals surface area contributed by atoms with Gasteiger partial charge in [-0.05, 0) is 39.0 Å². The Bertz CT molecular complexity index is 648. The summed E-state index contributed by atoms with van der Waals surface area (Å²) >= 11 is 1.86. The lowest BCUT2D eigenvalue weighted by Gasteiger charge is -2.39. The van der Waals surface area contributed by atoms with Gasteiger partial charge in [0, 0.05) is 51.1 Å². The van der Waals surface area contributed by atoms with Gasteiger partial charge in [0.2, 0.25) is 0 Å². The van der Waals surface area contributed by atoms with Crippen LogP contribution in [0.3, 0.4) is 0 Å². The van der Waals surface area contributed by atoms with Crippen LogP contribution in [0.1, 0.15) is 41.8 Å². The number of aryl methyl sites for hydroxylation is 3. The van der Waals surface area contributed by atoms with Gasteiger partial charge in [-0.25, -0.2) is 4.98 Å². The molecule has 10 heteroatoms. The third-order valence-electron chi connectivity index (χ3n) is 5.59. The molecule has 29 heavy (non-hydrogen) atoms. The zero-order chi connectivity index (χ0) is 20.1. The molecule has 1 aromatic heterocycles. The standard InChI is InChI=1S/C19H30F3N5S.HI/c1-14(19(20,21)22)26-10-12-27(13-11-26)18(23-2)24-9-5-8-17-25-15-6-3-4-7-16(15)28-17;/h14H,3-13H2,1-2H3,(H,23,24);1H. The fraction of sp³-hybridized carbons (Fsp3) is 0.789. The minimum atomic E-state index is -4.17. The van der Waals surface area contributed by atoms with E-state index in [2.05, 4.69) is 10.3 Å². The highest BCUT2D eigenvalue weighted by Crippen LogP contribution is 2.27. The molecule has 1 aromatic rings. The van der Waals surface area contributed by atoms with Crippen molar-refractivity contribution < 1.29 is 13.2 Å². The Hall–Kier alpha value is -0.620. The molecule has 1 N–H and O–H groups in total. The molecular weight excluding hydrogens is 514 g/mol. The molecule has 0 spiro atoms. The highest BCUT2D eigenvalue weighted by Gasteiger charge is 2.41. The van der Waals surface area contributed by atoms with E-state index in [4.69, 9.17) is 4.98 Å². The van der Waals surface area contributed by atoms with Crippen molar-refractivity contribution in [1.29, 1.82) is 0 Å². The van der Waals surface area contributed by atoms with E-state index in [0.29, 0.717) is 26.2 Å². The number of aromatic nitrogens is 1. The quantitative estimate of drug-likeness (QED) is 0.265. The third-order valence-corrected chi connectivity index (χ3v) is 6.80. The van der Waals surface area contributed by atoms with Gasteiger partial charge in [-0.3, -0.25) is 9.89 Å². The molecular formula is C19H31F3IN5S. The molecule has 2 aliphatic rings. The normalized spacial score (nSPS) is 19.5. The van der Waals surface area contributed by atoms with E-state index in [-0.39, 0.29) is 24.0 Å². The first-order valence-electron chi connectivity index (χ1n) is 10.1. The maximum atomic E-state index is 12.9. The number of guanidine groups is 1. The highest BCUT2D eigenvalue weighted by molar-refractivity contribution is 14.0. The topological polar surface area (TPSA) is 43.8 Å². The van der Waals surface area contributed by atoms with Gasteiger partial charge < -0.3 is 10.2 Å². The van der Waals surface area contributed by atoms with Crippen molar-refractivity contribution in [3.05, 3.63) is 15.6 Å². The van der Waals surface area contributed by atoms with Crippen LogP contribution in [0.25, 0.3) is 0 Å². The second-order valence-electron chi connectivity index (χ2n) is 7.50. The predicted molar refractivity (Wildman–Crippen MR) is 123 cm³/mol. The van der Waals surface area contributed by atoms with Crippen LogP contribution >= 0.6 is 35.3 Å². The molecule has 0 saturated carbocycles. The second kappa shape index (κ2) is 11.1. The van der Waals surface area contributed by atoms with E-state index in [0.717, 1.165) is 31.8 Å². The maximum Gasteiger partial charge on any atom is 0.403 e. The lowest BCUT2D eigenvalue weighted by atomic mass is 10.0. The summed E-state index contributed by atoms with van der Waals surface area (Å²) in [6.07, 6.45) is 2.59. The minimum absolute atomic E-state index is 0. The van der Waals surface area contributed by atoms with E-state index >= 15 is 0 Å².